The molecule has 0 bridgehead atoms. The van der Waals surface area contributed by atoms with Gasteiger partial charge in [0.15, 0.2) is 0 Å². The SMILES string of the molecule is CC.CC(=O)CCNC(=O)CS.CCC.[HH]. The van der Waals surface area contributed by atoms with Gasteiger partial charge in [-0.1, -0.05) is 34.1 Å². The van der Waals surface area contributed by atoms with Gasteiger partial charge in [0.2, 0.25) is 5.91 Å². The van der Waals surface area contributed by atoms with Crippen molar-refractivity contribution in [1.29, 1.82) is 0 Å². The number of ketones is 1. The topological polar surface area (TPSA) is 46.2 Å². The highest BCUT2D eigenvalue weighted by Gasteiger charge is 1.96. The third-order valence-electron chi connectivity index (χ3n) is 0.943. The summed E-state index contributed by atoms with van der Waals surface area (Å²) < 4.78 is 0. The molecule has 0 saturated heterocycles. The van der Waals surface area contributed by atoms with E-state index in [4.69, 9.17) is 0 Å². The lowest BCUT2D eigenvalue weighted by atomic mass is 10.3. The number of hydrogen-bond acceptors (Lipinski definition) is 3. The van der Waals surface area contributed by atoms with Crippen LogP contribution in [0.4, 0.5) is 0 Å². The van der Waals surface area contributed by atoms with Crippen LogP contribution in [0.2, 0.25) is 0 Å². The standard InChI is InChI=1S/C6H11NO2S.C3H8.C2H6.H2/c1-5(8)2-3-7-6(9)4-10;1-3-2;1-2;/h10H,2-4H2,1H3,(H,7,9);3H2,1-2H3;1-2H3;1H. The van der Waals surface area contributed by atoms with E-state index in [9.17, 15) is 9.59 Å². The van der Waals surface area contributed by atoms with Crippen LogP contribution in [-0.2, 0) is 9.59 Å². The third kappa shape index (κ3) is 31.7. The Hall–Kier alpha value is -0.510. The van der Waals surface area contributed by atoms with Gasteiger partial charge in [-0.2, -0.15) is 12.6 Å². The summed E-state index contributed by atoms with van der Waals surface area (Å²) in [5.74, 6) is 0.127. The van der Waals surface area contributed by atoms with Gasteiger partial charge in [-0.15, -0.1) is 0 Å². The summed E-state index contributed by atoms with van der Waals surface area (Å²) in [5, 5.41) is 2.53. The average molecular weight is 237 g/mol. The van der Waals surface area contributed by atoms with Crippen LogP contribution in [-0.4, -0.2) is 24.0 Å². The quantitative estimate of drug-likeness (QED) is 0.739. The van der Waals surface area contributed by atoms with E-state index in [0.717, 1.165) is 0 Å². The van der Waals surface area contributed by atoms with Crippen LogP contribution >= 0.6 is 12.6 Å². The molecule has 0 aromatic rings. The minimum atomic E-state index is -0.135. The maximum absolute atomic E-state index is 10.5. The van der Waals surface area contributed by atoms with Crippen LogP contribution in [0.25, 0.3) is 0 Å². The predicted octanol–water partition coefficient (Wildman–Crippen LogP) is 2.70. The van der Waals surface area contributed by atoms with Crippen molar-refractivity contribution in [3.8, 4) is 0 Å². The molecule has 94 valence electrons. The van der Waals surface area contributed by atoms with E-state index in [2.05, 4.69) is 31.8 Å². The molecule has 0 spiro atoms. The lowest BCUT2D eigenvalue weighted by Gasteiger charge is -1.98. The number of hydrogen-bond donors (Lipinski definition) is 2. The number of thiol groups is 1. The maximum Gasteiger partial charge on any atom is 0.229 e. The van der Waals surface area contributed by atoms with E-state index in [1.807, 2.05) is 13.8 Å². The molecule has 0 heterocycles. The molecule has 0 aromatic heterocycles. The first kappa shape index (κ1) is 20.0. The molecule has 1 amide bonds. The zero-order valence-corrected chi connectivity index (χ0v) is 11.5. The van der Waals surface area contributed by atoms with E-state index >= 15 is 0 Å². The third-order valence-corrected chi connectivity index (χ3v) is 1.23. The van der Waals surface area contributed by atoms with E-state index in [-0.39, 0.29) is 18.9 Å². The fraction of sp³-hybridized carbons (Fsp3) is 0.818. The minimum Gasteiger partial charge on any atom is -0.355 e. The van der Waals surface area contributed by atoms with Crippen molar-refractivity contribution >= 4 is 24.3 Å². The Morgan fingerprint density at radius 2 is 1.67 bits per heavy atom. The van der Waals surface area contributed by atoms with Gasteiger partial charge in [0.05, 0.1) is 5.75 Å². The molecular weight excluding hydrogens is 210 g/mol. The van der Waals surface area contributed by atoms with Crippen LogP contribution in [0.3, 0.4) is 0 Å². The minimum absolute atomic E-state index is 0. The number of amides is 1. The predicted molar refractivity (Wildman–Crippen MR) is 71.6 cm³/mol. The summed E-state index contributed by atoms with van der Waals surface area (Å²) in [7, 11) is 0. The van der Waals surface area contributed by atoms with Gasteiger partial charge in [-0.05, 0) is 6.92 Å². The second-order valence-electron chi connectivity index (χ2n) is 2.67. The zero-order chi connectivity index (χ0) is 12.7. The van der Waals surface area contributed by atoms with Crippen molar-refractivity contribution in [2.24, 2.45) is 0 Å². The summed E-state index contributed by atoms with van der Waals surface area (Å²) in [4.78, 5) is 20.8. The molecule has 0 aliphatic rings. The van der Waals surface area contributed by atoms with Gasteiger partial charge >= 0.3 is 0 Å². The molecule has 1 N–H and O–H groups in total. The van der Waals surface area contributed by atoms with Gasteiger partial charge in [0.1, 0.15) is 5.78 Å². The first-order chi connectivity index (χ1) is 7.08. The molecule has 15 heavy (non-hydrogen) atoms. The van der Waals surface area contributed by atoms with Crippen molar-refractivity contribution < 1.29 is 11.0 Å². The van der Waals surface area contributed by atoms with Crippen LogP contribution < -0.4 is 5.32 Å². The molecule has 0 atom stereocenters. The van der Waals surface area contributed by atoms with Crippen molar-refractivity contribution in [3.63, 3.8) is 0 Å². The molecule has 3 nitrogen and oxygen atoms in total. The molecule has 0 rings (SSSR count). The zero-order valence-electron chi connectivity index (χ0n) is 10.6. The van der Waals surface area contributed by atoms with Crippen LogP contribution in [0, 0.1) is 0 Å². The van der Waals surface area contributed by atoms with Gasteiger partial charge in [0.25, 0.3) is 0 Å². The van der Waals surface area contributed by atoms with E-state index < -0.39 is 0 Å². The molecule has 0 aliphatic carbocycles. The molecule has 0 aliphatic heterocycles. The average Bonchev–Trinajstić information content (AvgIpc) is 2.21. The van der Waals surface area contributed by atoms with Crippen molar-refractivity contribution in [1.82, 2.24) is 5.32 Å². The summed E-state index contributed by atoms with van der Waals surface area (Å²) >= 11 is 3.74. The first-order valence-electron chi connectivity index (χ1n) is 5.45. The van der Waals surface area contributed by atoms with Gasteiger partial charge < -0.3 is 5.32 Å². The highest BCUT2D eigenvalue weighted by molar-refractivity contribution is 7.81. The van der Waals surface area contributed by atoms with Crippen molar-refractivity contribution in [2.45, 2.75) is 47.5 Å². The lowest BCUT2D eigenvalue weighted by Crippen LogP contribution is -2.26. The molecule has 4 heteroatoms. The smallest absolute Gasteiger partial charge is 0.229 e. The fourth-order valence-corrected chi connectivity index (χ4v) is 0.546. The Bertz CT molecular complexity index is 155. The fourth-order valence-electron chi connectivity index (χ4n) is 0.434. The van der Waals surface area contributed by atoms with Gasteiger partial charge in [-0.3, -0.25) is 9.59 Å². The first-order valence-corrected chi connectivity index (χ1v) is 6.08. The van der Waals surface area contributed by atoms with E-state index in [0.29, 0.717) is 13.0 Å². The number of nitrogens with one attached hydrogen (secondary N) is 1. The Morgan fingerprint density at radius 3 is 1.93 bits per heavy atom. The summed E-state index contributed by atoms with van der Waals surface area (Å²) in [6, 6.07) is 0. The second-order valence-corrected chi connectivity index (χ2v) is 2.98. The monoisotopic (exact) mass is 237 g/mol. The lowest BCUT2D eigenvalue weighted by molar-refractivity contribution is -0.119. The van der Waals surface area contributed by atoms with Gasteiger partial charge in [-0.25, -0.2) is 0 Å². The maximum atomic E-state index is 10.5. The van der Waals surface area contributed by atoms with Crippen molar-refractivity contribution in [3.05, 3.63) is 0 Å². The Labute approximate surface area is 101 Å². The van der Waals surface area contributed by atoms with Crippen LogP contribution in [0.1, 0.15) is 48.9 Å². The Balaban J connectivity index is -0.000000104. The van der Waals surface area contributed by atoms with Gasteiger partial charge in [0, 0.05) is 14.4 Å². The molecule has 0 unspecified atom stereocenters. The van der Waals surface area contributed by atoms with Crippen LogP contribution in [0.15, 0.2) is 0 Å². The molecular formula is C11H27NO2S. The number of carbonyl (C=O) groups is 2. The van der Waals surface area contributed by atoms with E-state index in [1.165, 1.54) is 13.3 Å². The Kier molecular flexibility index (Phi) is 25.5. The summed E-state index contributed by atoms with van der Waals surface area (Å²) in [5.41, 5.74) is 0. The summed E-state index contributed by atoms with van der Waals surface area (Å²) in [6.45, 7) is 10.2. The summed E-state index contributed by atoms with van der Waals surface area (Å²) in [6.07, 6.45) is 1.65. The Morgan fingerprint density at radius 1 is 1.27 bits per heavy atom. The second kappa shape index (κ2) is 19.1. The van der Waals surface area contributed by atoms with Crippen LogP contribution in [0.5, 0.6) is 0 Å². The van der Waals surface area contributed by atoms with E-state index in [1.54, 1.807) is 0 Å². The highest BCUT2D eigenvalue weighted by atomic mass is 32.1. The number of rotatable bonds is 4. The molecule has 0 radical (unpaired) electrons. The molecule has 0 aromatic carbocycles. The molecule has 0 saturated carbocycles. The highest BCUT2D eigenvalue weighted by Crippen LogP contribution is 1.79. The number of Topliss-reactive ketones (excluding diaryl/α,β-unsaturated/α-hetero) is 1. The normalized spacial score (nSPS) is 7.60. The largest absolute Gasteiger partial charge is 0.355 e. The molecule has 0 fully saturated rings. The van der Waals surface area contributed by atoms with Crippen molar-refractivity contribution in [2.75, 3.05) is 12.3 Å². The number of carbonyl (C=O) groups excluding carboxylic acids is 2.